The molecule has 0 aromatic carbocycles. The molecule has 0 saturated carbocycles. The Bertz CT molecular complexity index is 401. The Morgan fingerprint density at radius 2 is 2.22 bits per heavy atom. The average molecular weight is 273 g/mol. The Hall–Kier alpha value is -1.40. The summed E-state index contributed by atoms with van der Waals surface area (Å²) in [5.74, 6) is 0.327. The number of anilines is 1. The summed E-state index contributed by atoms with van der Waals surface area (Å²) in [6, 6.07) is 1.47. The van der Waals surface area contributed by atoms with Crippen molar-refractivity contribution in [3.8, 4) is 5.88 Å². The minimum absolute atomic E-state index is 0.142. The number of hydrogen-bond donors (Lipinski definition) is 2. The van der Waals surface area contributed by atoms with E-state index < -0.39 is 0 Å². The maximum absolute atomic E-state index is 11.6. The summed E-state index contributed by atoms with van der Waals surface area (Å²) in [5, 5.41) is 2.80. The van der Waals surface area contributed by atoms with E-state index in [-0.39, 0.29) is 17.0 Å². The second-order valence-corrected chi connectivity index (χ2v) is 4.09. The fourth-order valence-electron chi connectivity index (χ4n) is 1.35. The molecule has 6 nitrogen and oxygen atoms in total. The summed E-state index contributed by atoms with van der Waals surface area (Å²) in [5.41, 5.74) is 5.37. The van der Waals surface area contributed by atoms with Crippen LogP contribution in [0.5, 0.6) is 5.88 Å². The first kappa shape index (κ1) is 14.7. The molecule has 0 fully saturated rings. The lowest BCUT2D eigenvalue weighted by molar-refractivity contribution is -0.116. The van der Waals surface area contributed by atoms with Crippen molar-refractivity contribution < 1.29 is 9.53 Å². The van der Waals surface area contributed by atoms with Gasteiger partial charge in [0.2, 0.25) is 17.7 Å². The predicted molar refractivity (Wildman–Crippen MR) is 69.7 cm³/mol. The minimum atomic E-state index is -0.142. The molecule has 0 spiro atoms. The SMILES string of the molecule is COc1cc(Cl)nc(NC(=O)CCCCCN)n1. The van der Waals surface area contributed by atoms with Crippen LogP contribution in [0.25, 0.3) is 0 Å². The maximum atomic E-state index is 11.6. The van der Waals surface area contributed by atoms with Gasteiger partial charge in [0.1, 0.15) is 5.15 Å². The van der Waals surface area contributed by atoms with Crippen LogP contribution < -0.4 is 15.8 Å². The van der Waals surface area contributed by atoms with Gasteiger partial charge in [0.15, 0.2) is 0 Å². The number of rotatable bonds is 7. The highest BCUT2D eigenvalue weighted by molar-refractivity contribution is 6.29. The maximum Gasteiger partial charge on any atom is 0.234 e. The third-order valence-corrected chi connectivity index (χ3v) is 2.43. The van der Waals surface area contributed by atoms with Crippen LogP contribution in [-0.2, 0) is 4.79 Å². The molecule has 0 aliphatic rings. The third kappa shape index (κ3) is 5.29. The first-order valence-electron chi connectivity index (χ1n) is 5.74. The molecule has 0 aliphatic heterocycles. The normalized spacial score (nSPS) is 10.2. The number of amides is 1. The van der Waals surface area contributed by atoms with Crippen molar-refractivity contribution in [3.63, 3.8) is 0 Å². The van der Waals surface area contributed by atoms with Crippen LogP contribution in [0.15, 0.2) is 6.07 Å². The average Bonchev–Trinajstić information content (AvgIpc) is 2.34. The fraction of sp³-hybridized carbons (Fsp3) is 0.545. The standard InChI is InChI=1S/C11H17ClN4O2/c1-18-10-7-8(12)14-11(16-10)15-9(17)5-3-2-4-6-13/h7H,2-6,13H2,1H3,(H,14,15,16,17). The number of hydrogen-bond acceptors (Lipinski definition) is 5. The predicted octanol–water partition coefficient (Wildman–Crippen LogP) is 1.60. The van der Waals surface area contributed by atoms with Crippen molar-refractivity contribution in [2.45, 2.75) is 25.7 Å². The molecule has 0 unspecified atom stereocenters. The first-order valence-corrected chi connectivity index (χ1v) is 6.12. The highest BCUT2D eigenvalue weighted by Crippen LogP contribution is 2.15. The summed E-state index contributed by atoms with van der Waals surface area (Å²) in [6.45, 7) is 0.649. The summed E-state index contributed by atoms with van der Waals surface area (Å²) in [4.78, 5) is 19.4. The monoisotopic (exact) mass is 272 g/mol. The van der Waals surface area contributed by atoms with Crippen LogP contribution >= 0.6 is 11.6 Å². The number of halogens is 1. The van der Waals surface area contributed by atoms with Crippen molar-refractivity contribution in [3.05, 3.63) is 11.2 Å². The van der Waals surface area contributed by atoms with E-state index in [9.17, 15) is 4.79 Å². The number of nitrogens with one attached hydrogen (secondary N) is 1. The summed E-state index contributed by atoms with van der Waals surface area (Å²) in [7, 11) is 1.47. The highest BCUT2D eigenvalue weighted by atomic mass is 35.5. The van der Waals surface area contributed by atoms with Gasteiger partial charge in [-0.25, -0.2) is 4.98 Å². The van der Waals surface area contributed by atoms with Crippen molar-refractivity contribution in [2.75, 3.05) is 19.0 Å². The van der Waals surface area contributed by atoms with Gasteiger partial charge in [0, 0.05) is 12.5 Å². The van der Waals surface area contributed by atoms with Crippen molar-refractivity contribution in [2.24, 2.45) is 5.73 Å². The second-order valence-electron chi connectivity index (χ2n) is 3.70. The van der Waals surface area contributed by atoms with Crippen molar-refractivity contribution in [1.29, 1.82) is 0 Å². The van der Waals surface area contributed by atoms with Gasteiger partial charge in [-0.2, -0.15) is 4.98 Å². The number of unbranched alkanes of at least 4 members (excludes halogenated alkanes) is 2. The number of nitrogens with two attached hydrogens (primary N) is 1. The van der Waals surface area contributed by atoms with Crippen LogP contribution in [0, 0.1) is 0 Å². The van der Waals surface area contributed by atoms with Gasteiger partial charge in [-0.1, -0.05) is 18.0 Å². The molecule has 1 rings (SSSR count). The van der Waals surface area contributed by atoms with Gasteiger partial charge in [-0.15, -0.1) is 0 Å². The van der Waals surface area contributed by atoms with Crippen LogP contribution in [0.4, 0.5) is 5.95 Å². The zero-order valence-corrected chi connectivity index (χ0v) is 11.0. The molecular formula is C11H17ClN4O2. The molecular weight excluding hydrogens is 256 g/mol. The molecule has 0 radical (unpaired) electrons. The Balaban J connectivity index is 2.46. The molecule has 1 aromatic rings. The molecule has 0 bridgehead atoms. The Kier molecular flexibility index (Phi) is 6.38. The first-order chi connectivity index (χ1) is 8.65. The number of aromatic nitrogens is 2. The zero-order valence-electron chi connectivity index (χ0n) is 10.3. The Labute approximate surface area is 111 Å². The molecule has 0 aliphatic carbocycles. The van der Waals surface area contributed by atoms with E-state index >= 15 is 0 Å². The fourth-order valence-corrected chi connectivity index (χ4v) is 1.52. The molecule has 1 aromatic heterocycles. The van der Waals surface area contributed by atoms with E-state index in [1.165, 1.54) is 13.2 Å². The molecule has 1 amide bonds. The van der Waals surface area contributed by atoms with E-state index in [0.717, 1.165) is 19.3 Å². The van der Waals surface area contributed by atoms with Gasteiger partial charge in [-0.3, -0.25) is 10.1 Å². The lowest BCUT2D eigenvalue weighted by Crippen LogP contribution is -2.14. The number of carbonyl (C=O) groups excluding carboxylic acids is 1. The van der Waals surface area contributed by atoms with Gasteiger partial charge in [0.05, 0.1) is 7.11 Å². The van der Waals surface area contributed by atoms with Gasteiger partial charge < -0.3 is 10.5 Å². The van der Waals surface area contributed by atoms with Crippen molar-refractivity contribution >= 4 is 23.5 Å². The molecule has 0 saturated heterocycles. The molecule has 7 heteroatoms. The van der Waals surface area contributed by atoms with E-state index in [1.807, 2.05) is 0 Å². The molecule has 0 atom stereocenters. The van der Waals surface area contributed by atoms with Gasteiger partial charge in [0.25, 0.3) is 0 Å². The van der Waals surface area contributed by atoms with Crippen LogP contribution in [0.1, 0.15) is 25.7 Å². The zero-order chi connectivity index (χ0) is 13.4. The van der Waals surface area contributed by atoms with E-state index in [1.54, 1.807) is 0 Å². The van der Waals surface area contributed by atoms with Gasteiger partial charge in [-0.05, 0) is 19.4 Å². The third-order valence-electron chi connectivity index (χ3n) is 2.24. The van der Waals surface area contributed by atoms with Gasteiger partial charge >= 0.3 is 0 Å². The molecule has 18 heavy (non-hydrogen) atoms. The summed E-state index contributed by atoms with van der Waals surface area (Å²) in [6.07, 6.45) is 3.07. The number of carbonyl (C=O) groups is 1. The smallest absolute Gasteiger partial charge is 0.234 e. The topological polar surface area (TPSA) is 90.1 Å². The van der Waals surface area contributed by atoms with E-state index in [2.05, 4.69) is 15.3 Å². The van der Waals surface area contributed by atoms with Crippen LogP contribution in [0.3, 0.4) is 0 Å². The number of methoxy groups -OCH3 is 1. The Morgan fingerprint density at radius 1 is 1.44 bits per heavy atom. The van der Waals surface area contributed by atoms with E-state index in [0.29, 0.717) is 18.8 Å². The Morgan fingerprint density at radius 3 is 2.89 bits per heavy atom. The lowest BCUT2D eigenvalue weighted by atomic mass is 10.2. The summed E-state index contributed by atoms with van der Waals surface area (Å²) < 4.78 is 4.93. The van der Waals surface area contributed by atoms with Crippen molar-refractivity contribution in [1.82, 2.24) is 9.97 Å². The van der Waals surface area contributed by atoms with Crippen LogP contribution in [-0.4, -0.2) is 29.5 Å². The minimum Gasteiger partial charge on any atom is -0.481 e. The number of ether oxygens (including phenoxy) is 1. The van der Waals surface area contributed by atoms with Crippen LogP contribution in [0.2, 0.25) is 5.15 Å². The quantitative estimate of drug-likeness (QED) is 0.581. The lowest BCUT2D eigenvalue weighted by Gasteiger charge is -2.05. The molecule has 3 N–H and O–H groups in total. The second kappa shape index (κ2) is 7.84. The molecule has 100 valence electrons. The summed E-state index contributed by atoms with van der Waals surface area (Å²) >= 11 is 5.76. The molecule has 1 heterocycles. The largest absolute Gasteiger partial charge is 0.481 e. The highest BCUT2D eigenvalue weighted by Gasteiger charge is 2.07. The number of nitrogens with zero attached hydrogens (tertiary/aromatic N) is 2. The van der Waals surface area contributed by atoms with E-state index in [4.69, 9.17) is 22.1 Å².